The minimum absolute atomic E-state index is 0.0820. The third-order valence-corrected chi connectivity index (χ3v) is 5.36. The number of amides is 1. The number of hydrogen-bond donors (Lipinski definition) is 1. The molecule has 3 rings (SSSR count). The molecule has 0 aliphatic carbocycles. The van der Waals surface area contributed by atoms with Crippen molar-refractivity contribution in [3.63, 3.8) is 0 Å². The number of aliphatic imine (C=N–C) groups is 1. The maximum Gasteiger partial charge on any atom is 0.246 e. The van der Waals surface area contributed by atoms with Crippen LogP contribution in [0, 0.1) is 5.92 Å². The number of carbonyl (C=O) groups excluding carboxylic acids is 1. The summed E-state index contributed by atoms with van der Waals surface area (Å²) < 4.78 is 1.72. The lowest BCUT2D eigenvalue weighted by molar-refractivity contribution is -0.120. The zero-order chi connectivity index (χ0) is 19.2. The number of hydrogen-bond acceptors (Lipinski definition) is 4. The largest absolute Gasteiger partial charge is 0.356 e. The van der Waals surface area contributed by atoms with Crippen molar-refractivity contribution in [3.05, 3.63) is 12.4 Å². The molecule has 2 saturated heterocycles. The molecule has 1 amide bonds. The Balaban J connectivity index is 1.47. The van der Waals surface area contributed by atoms with E-state index in [0.29, 0.717) is 19.0 Å². The van der Waals surface area contributed by atoms with E-state index in [9.17, 15) is 4.79 Å². The van der Waals surface area contributed by atoms with Gasteiger partial charge in [0.1, 0.15) is 6.54 Å². The fourth-order valence-corrected chi connectivity index (χ4v) is 3.92. The maximum atomic E-state index is 12.6. The van der Waals surface area contributed by atoms with Gasteiger partial charge in [0, 0.05) is 46.5 Å². The quantitative estimate of drug-likeness (QED) is 0.608. The minimum Gasteiger partial charge on any atom is -0.356 e. The first-order valence-electron chi connectivity index (χ1n) is 10.0. The van der Waals surface area contributed by atoms with Crippen LogP contribution in [0.5, 0.6) is 0 Å². The van der Waals surface area contributed by atoms with Crippen molar-refractivity contribution in [1.82, 2.24) is 24.9 Å². The average Bonchev–Trinajstić information content (AvgIpc) is 3.09. The molecule has 1 aromatic rings. The van der Waals surface area contributed by atoms with Crippen LogP contribution in [-0.4, -0.2) is 84.3 Å². The van der Waals surface area contributed by atoms with Crippen LogP contribution in [0.3, 0.4) is 0 Å². The van der Waals surface area contributed by atoms with Crippen LogP contribution < -0.4 is 10.2 Å². The van der Waals surface area contributed by atoms with Crippen LogP contribution in [0.25, 0.3) is 0 Å². The van der Waals surface area contributed by atoms with Gasteiger partial charge in [0.25, 0.3) is 0 Å². The van der Waals surface area contributed by atoms with Crippen LogP contribution >= 0.6 is 0 Å². The van der Waals surface area contributed by atoms with E-state index < -0.39 is 0 Å². The van der Waals surface area contributed by atoms with Crippen LogP contribution in [0.1, 0.15) is 26.2 Å². The fraction of sp³-hybridized carbons (Fsp3) is 0.737. The number of nitrogens with one attached hydrogen (secondary N) is 1. The number of nitrogens with zero attached hydrogens (tertiary/aromatic N) is 6. The number of aryl methyl sites for hydroxylation is 1. The molecule has 27 heavy (non-hydrogen) atoms. The van der Waals surface area contributed by atoms with Crippen molar-refractivity contribution < 1.29 is 4.79 Å². The molecule has 0 saturated carbocycles. The molecule has 8 heteroatoms. The van der Waals surface area contributed by atoms with Crippen LogP contribution in [0.15, 0.2) is 17.4 Å². The fourth-order valence-electron chi connectivity index (χ4n) is 3.92. The van der Waals surface area contributed by atoms with E-state index in [2.05, 4.69) is 27.2 Å². The van der Waals surface area contributed by atoms with E-state index in [1.54, 1.807) is 22.8 Å². The molecule has 0 radical (unpaired) electrons. The van der Waals surface area contributed by atoms with E-state index in [1.807, 2.05) is 18.1 Å². The molecular formula is C19H33N7O. The Kier molecular flexibility index (Phi) is 6.71. The summed E-state index contributed by atoms with van der Waals surface area (Å²) >= 11 is 0. The summed E-state index contributed by atoms with van der Waals surface area (Å²) in [6.07, 6.45) is 7.64. The molecular weight excluding hydrogens is 342 g/mol. The van der Waals surface area contributed by atoms with Crippen molar-refractivity contribution in [2.24, 2.45) is 18.0 Å². The molecule has 1 atom stereocenters. The zero-order valence-corrected chi connectivity index (χ0v) is 16.9. The van der Waals surface area contributed by atoms with Gasteiger partial charge in [0.15, 0.2) is 5.96 Å². The van der Waals surface area contributed by atoms with E-state index >= 15 is 0 Å². The highest BCUT2D eigenvalue weighted by atomic mass is 16.2. The van der Waals surface area contributed by atoms with Crippen molar-refractivity contribution in [2.75, 3.05) is 57.8 Å². The summed E-state index contributed by atoms with van der Waals surface area (Å²) in [5.74, 6) is 1.45. The number of carbonyl (C=O) groups is 1. The maximum absolute atomic E-state index is 12.6. The summed E-state index contributed by atoms with van der Waals surface area (Å²) in [6.45, 7) is 8.48. The lowest BCUT2D eigenvalue weighted by Crippen LogP contribution is -2.56. The van der Waals surface area contributed by atoms with Gasteiger partial charge in [-0.15, -0.1) is 0 Å². The first-order chi connectivity index (χ1) is 13.1. The van der Waals surface area contributed by atoms with Crippen molar-refractivity contribution in [1.29, 1.82) is 0 Å². The van der Waals surface area contributed by atoms with Crippen LogP contribution in [0.2, 0.25) is 0 Å². The Labute approximate surface area is 162 Å². The molecule has 8 nitrogen and oxygen atoms in total. The Hall–Kier alpha value is -2.09. The SMILES string of the molecule is CN=C(NCC(C)CN1CCCCC1)N1CCN(c2cnn(C)c2)C(=O)C1. The smallest absolute Gasteiger partial charge is 0.246 e. The van der Waals surface area contributed by atoms with Crippen molar-refractivity contribution in [3.8, 4) is 0 Å². The molecule has 0 spiro atoms. The molecule has 150 valence electrons. The number of anilines is 1. The first kappa shape index (κ1) is 19.7. The Morgan fingerprint density at radius 2 is 2.04 bits per heavy atom. The first-order valence-corrected chi connectivity index (χ1v) is 10.0. The highest BCUT2D eigenvalue weighted by Gasteiger charge is 2.27. The number of guanidine groups is 1. The van der Waals surface area contributed by atoms with E-state index in [0.717, 1.165) is 31.3 Å². The summed E-state index contributed by atoms with van der Waals surface area (Å²) in [7, 11) is 3.65. The Morgan fingerprint density at radius 1 is 1.26 bits per heavy atom. The summed E-state index contributed by atoms with van der Waals surface area (Å²) in [5.41, 5.74) is 0.861. The minimum atomic E-state index is 0.0820. The second-order valence-electron chi connectivity index (χ2n) is 7.73. The molecule has 2 aliphatic rings. The Morgan fingerprint density at radius 3 is 2.67 bits per heavy atom. The molecule has 2 aliphatic heterocycles. The molecule has 3 heterocycles. The van der Waals surface area contributed by atoms with Gasteiger partial charge < -0.3 is 20.0 Å². The molecule has 1 N–H and O–H groups in total. The van der Waals surface area contributed by atoms with Crippen LogP contribution in [-0.2, 0) is 11.8 Å². The summed E-state index contributed by atoms with van der Waals surface area (Å²) in [6, 6.07) is 0. The Bertz CT molecular complexity index is 650. The van der Waals surface area contributed by atoms with Gasteiger partial charge in [0.05, 0.1) is 11.9 Å². The number of piperidine rings is 1. The highest BCUT2D eigenvalue weighted by Crippen LogP contribution is 2.16. The normalized spacial score (nSPS) is 20.9. The van der Waals surface area contributed by atoms with Gasteiger partial charge in [-0.05, 0) is 31.8 Å². The van der Waals surface area contributed by atoms with Crippen molar-refractivity contribution >= 4 is 17.6 Å². The second kappa shape index (κ2) is 9.21. The van der Waals surface area contributed by atoms with Gasteiger partial charge in [-0.3, -0.25) is 14.5 Å². The van der Waals surface area contributed by atoms with Gasteiger partial charge in [0.2, 0.25) is 5.91 Å². The molecule has 2 fully saturated rings. The predicted molar refractivity (Wildman–Crippen MR) is 108 cm³/mol. The van der Waals surface area contributed by atoms with Gasteiger partial charge in [-0.1, -0.05) is 13.3 Å². The van der Waals surface area contributed by atoms with Crippen LogP contribution in [0.4, 0.5) is 5.69 Å². The third-order valence-electron chi connectivity index (χ3n) is 5.36. The average molecular weight is 376 g/mol. The molecule has 1 aromatic heterocycles. The molecule has 0 bridgehead atoms. The summed E-state index contributed by atoms with van der Waals surface area (Å²) in [5, 5.41) is 7.63. The molecule has 1 unspecified atom stereocenters. The standard InChI is InChI=1S/C19H33N7O/c1-16(13-24-7-5-4-6-8-24)11-21-19(20-2)25-9-10-26(18(27)15-25)17-12-22-23(3)14-17/h12,14,16H,4-11,13,15H2,1-3H3,(H,20,21). The number of aromatic nitrogens is 2. The number of likely N-dealkylation sites (tertiary alicyclic amines) is 1. The summed E-state index contributed by atoms with van der Waals surface area (Å²) in [4.78, 5) is 23.4. The zero-order valence-electron chi connectivity index (χ0n) is 16.9. The lowest BCUT2D eigenvalue weighted by Gasteiger charge is -2.36. The lowest BCUT2D eigenvalue weighted by atomic mass is 10.1. The van der Waals surface area contributed by atoms with Crippen molar-refractivity contribution in [2.45, 2.75) is 26.2 Å². The van der Waals surface area contributed by atoms with Gasteiger partial charge >= 0.3 is 0 Å². The number of rotatable bonds is 5. The van der Waals surface area contributed by atoms with E-state index in [-0.39, 0.29) is 5.91 Å². The van der Waals surface area contributed by atoms with E-state index in [4.69, 9.17) is 0 Å². The number of piperazine rings is 1. The second-order valence-corrected chi connectivity index (χ2v) is 7.73. The molecule has 0 aromatic carbocycles. The predicted octanol–water partition coefficient (Wildman–Crippen LogP) is 0.766. The third kappa shape index (κ3) is 5.22. The van der Waals surface area contributed by atoms with Gasteiger partial charge in [-0.2, -0.15) is 5.10 Å². The highest BCUT2D eigenvalue weighted by molar-refractivity contribution is 5.98. The van der Waals surface area contributed by atoms with Gasteiger partial charge in [-0.25, -0.2) is 0 Å². The van der Waals surface area contributed by atoms with E-state index in [1.165, 1.54) is 32.4 Å². The topological polar surface area (TPSA) is 69.0 Å². The monoisotopic (exact) mass is 375 g/mol.